The van der Waals surface area contributed by atoms with Crippen molar-refractivity contribution in [3.63, 3.8) is 0 Å². The second-order valence-corrected chi connectivity index (χ2v) is 19.2. The number of rotatable bonds is 49. The predicted octanol–water partition coefficient (Wildman–Crippen LogP) is 14.5. The number of hydrogen-bond acceptors (Lipinski definition) is 7. The lowest BCUT2D eigenvalue weighted by Gasteiger charge is -2.25. The molecule has 0 fully saturated rings. The van der Waals surface area contributed by atoms with Crippen LogP contribution < -0.4 is 0 Å². The van der Waals surface area contributed by atoms with Crippen LogP contribution in [0.1, 0.15) is 258 Å². The van der Waals surface area contributed by atoms with Gasteiger partial charge in [0.05, 0.1) is 34.4 Å². The van der Waals surface area contributed by atoms with Crippen LogP contribution in [0.4, 0.5) is 0 Å². The first-order chi connectivity index (χ1) is 29.6. The average molecular weight is 869 g/mol. The molecule has 0 amide bonds. The van der Waals surface area contributed by atoms with Gasteiger partial charge in [0.1, 0.15) is 13.2 Å². The molecule has 2 unspecified atom stereocenters. The summed E-state index contributed by atoms with van der Waals surface area (Å²) in [7, 11) is 5.96. The van der Waals surface area contributed by atoms with Crippen LogP contribution in [0, 0.1) is 0 Å². The third-order valence-electron chi connectivity index (χ3n) is 11.9. The highest BCUT2D eigenvalue weighted by Crippen LogP contribution is 2.17. The Balaban J connectivity index is 4.03. The summed E-state index contributed by atoms with van der Waals surface area (Å²) in [4.78, 5) is 37.0. The van der Waals surface area contributed by atoms with Crippen molar-refractivity contribution in [1.29, 1.82) is 0 Å². The number of carboxylic acids is 1. The zero-order chi connectivity index (χ0) is 44.9. The van der Waals surface area contributed by atoms with E-state index in [0.29, 0.717) is 17.4 Å². The normalized spacial score (nSPS) is 12.7. The highest BCUT2D eigenvalue weighted by molar-refractivity contribution is 5.71. The van der Waals surface area contributed by atoms with Crippen LogP contribution in [-0.4, -0.2) is 87.4 Å². The van der Waals surface area contributed by atoms with Crippen LogP contribution in [0.2, 0.25) is 0 Å². The minimum absolute atomic E-state index is 0.174. The summed E-state index contributed by atoms with van der Waals surface area (Å²) in [6, 6.07) is 0. The number of nitrogens with zero attached hydrogens (tertiary/aromatic N) is 1. The molecule has 9 nitrogen and oxygen atoms in total. The van der Waals surface area contributed by atoms with Crippen molar-refractivity contribution in [3.8, 4) is 0 Å². The van der Waals surface area contributed by atoms with E-state index in [1.54, 1.807) is 0 Å². The standard InChI is InChI=1S/C52H101NO8/c1-6-8-10-12-14-16-17-18-19-20-21-22-23-24-25-26-27-28-29-30-31-32-33-34-35-37-39-41-43-50(55)61-48(47-60-52(51(56)57)58-45-44-53(3,4)5)46-59-49(54)42-40-38-36-15-13-11-9-7-2/h48,52H,6-47H2,1-5H3/p+1. The summed E-state index contributed by atoms with van der Waals surface area (Å²) < 4.78 is 22.7. The van der Waals surface area contributed by atoms with E-state index in [-0.39, 0.29) is 38.2 Å². The van der Waals surface area contributed by atoms with Gasteiger partial charge in [0.2, 0.25) is 0 Å². The van der Waals surface area contributed by atoms with Crippen molar-refractivity contribution in [2.75, 3.05) is 47.5 Å². The van der Waals surface area contributed by atoms with Gasteiger partial charge in [0, 0.05) is 12.8 Å². The van der Waals surface area contributed by atoms with Crippen LogP contribution in [-0.2, 0) is 33.3 Å². The Bertz CT molecular complexity index is 970. The number of carbonyl (C=O) groups excluding carboxylic acids is 2. The Kier molecular flexibility index (Phi) is 43.6. The maximum Gasteiger partial charge on any atom is 0.361 e. The minimum atomic E-state index is -1.50. The van der Waals surface area contributed by atoms with E-state index in [2.05, 4.69) is 13.8 Å². The summed E-state index contributed by atoms with van der Waals surface area (Å²) in [6.45, 7) is 4.88. The Morgan fingerprint density at radius 3 is 1.05 bits per heavy atom. The molecule has 0 bridgehead atoms. The molecule has 61 heavy (non-hydrogen) atoms. The zero-order valence-corrected chi connectivity index (χ0v) is 41.1. The third-order valence-corrected chi connectivity index (χ3v) is 11.9. The minimum Gasteiger partial charge on any atom is -0.477 e. The quantitative estimate of drug-likeness (QED) is 0.0279. The van der Waals surface area contributed by atoms with Crippen molar-refractivity contribution < 1.29 is 42.9 Å². The van der Waals surface area contributed by atoms with Gasteiger partial charge < -0.3 is 28.5 Å². The van der Waals surface area contributed by atoms with E-state index in [9.17, 15) is 19.5 Å². The van der Waals surface area contributed by atoms with E-state index < -0.39 is 18.4 Å². The Morgan fingerprint density at radius 2 is 0.738 bits per heavy atom. The Hall–Kier alpha value is -1.71. The number of quaternary nitrogens is 1. The molecule has 0 aliphatic carbocycles. The van der Waals surface area contributed by atoms with Gasteiger partial charge in [-0.05, 0) is 12.8 Å². The molecule has 0 saturated carbocycles. The number of carboxylic acid groups (broad SMARTS) is 1. The molecule has 0 aromatic heterocycles. The molecule has 9 heteroatoms. The second-order valence-electron chi connectivity index (χ2n) is 19.2. The second kappa shape index (κ2) is 44.9. The lowest BCUT2D eigenvalue weighted by Crippen LogP contribution is -2.40. The van der Waals surface area contributed by atoms with E-state index in [1.165, 1.54) is 193 Å². The zero-order valence-electron chi connectivity index (χ0n) is 41.1. The largest absolute Gasteiger partial charge is 0.477 e. The Morgan fingerprint density at radius 1 is 0.426 bits per heavy atom. The van der Waals surface area contributed by atoms with Gasteiger partial charge in [0.25, 0.3) is 6.29 Å². The first kappa shape index (κ1) is 59.3. The molecule has 0 aliphatic rings. The molecular formula is C52H102NO8+. The van der Waals surface area contributed by atoms with E-state index in [1.807, 2.05) is 21.1 Å². The first-order valence-electron chi connectivity index (χ1n) is 26.2. The number of aliphatic carboxylic acids is 1. The summed E-state index contributed by atoms with van der Waals surface area (Å²) in [5.41, 5.74) is 0. The molecule has 362 valence electrons. The van der Waals surface area contributed by atoms with Gasteiger partial charge in [-0.1, -0.05) is 232 Å². The van der Waals surface area contributed by atoms with Gasteiger partial charge in [-0.15, -0.1) is 0 Å². The number of hydrogen-bond donors (Lipinski definition) is 1. The average Bonchev–Trinajstić information content (AvgIpc) is 3.22. The monoisotopic (exact) mass is 869 g/mol. The fourth-order valence-electron chi connectivity index (χ4n) is 7.78. The molecule has 0 spiro atoms. The van der Waals surface area contributed by atoms with Crippen LogP contribution in [0.15, 0.2) is 0 Å². The van der Waals surface area contributed by atoms with Crippen molar-refractivity contribution in [2.24, 2.45) is 0 Å². The molecule has 1 N–H and O–H groups in total. The fraction of sp³-hybridized carbons (Fsp3) is 0.942. The molecule has 2 atom stereocenters. The van der Waals surface area contributed by atoms with E-state index in [0.717, 1.165) is 38.5 Å². The molecule has 0 saturated heterocycles. The maximum absolute atomic E-state index is 12.8. The van der Waals surface area contributed by atoms with Crippen LogP contribution in [0.5, 0.6) is 0 Å². The molecule has 0 heterocycles. The fourth-order valence-corrected chi connectivity index (χ4v) is 7.78. The number of likely N-dealkylation sites (N-methyl/N-ethyl adjacent to an activating group) is 1. The number of carbonyl (C=O) groups is 3. The molecule has 0 radical (unpaired) electrons. The van der Waals surface area contributed by atoms with Crippen LogP contribution in [0.25, 0.3) is 0 Å². The highest BCUT2D eigenvalue weighted by atomic mass is 16.7. The maximum atomic E-state index is 12.8. The lowest BCUT2D eigenvalue weighted by atomic mass is 10.0. The van der Waals surface area contributed by atoms with Crippen LogP contribution in [0.3, 0.4) is 0 Å². The molecular weight excluding hydrogens is 767 g/mol. The van der Waals surface area contributed by atoms with Crippen molar-refractivity contribution in [1.82, 2.24) is 0 Å². The lowest BCUT2D eigenvalue weighted by molar-refractivity contribution is -0.870. The molecule has 0 aliphatic heterocycles. The summed E-state index contributed by atoms with van der Waals surface area (Å²) in [6.07, 6.45) is 44.9. The predicted molar refractivity (Wildman–Crippen MR) is 254 cm³/mol. The van der Waals surface area contributed by atoms with E-state index in [4.69, 9.17) is 18.9 Å². The topological polar surface area (TPSA) is 108 Å². The number of unbranched alkanes of at least 4 members (excludes halogenated alkanes) is 34. The van der Waals surface area contributed by atoms with Gasteiger partial charge in [-0.2, -0.15) is 0 Å². The first-order valence-corrected chi connectivity index (χ1v) is 26.2. The SMILES string of the molecule is CCCCCCCCCCCCCCCCCCCCCCCCCCCCCCC(=O)OC(COC(=O)CCCCCCCCCC)COC(OCC[N+](C)(C)C)C(=O)O. The summed E-state index contributed by atoms with van der Waals surface area (Å²) in [5, 5.41) is 9.63. The smallest absolute Gasteiger partial charge is 0.361 e. The molecule has 0 rings (SSSR count). The highest BCUT2D eigenvalue weighted by Gasteiger charge is 2.25. The van der Waals surface area contributed by atoms with Gasteiger partial charge in [0.15, 0.2) is 6.10 Å². The van der Waals surface area contributed by atoms with Gasteiger partial charge in [-0.25, -0.2) is 4.79 Å². The number of esters is 2. The molecule has 0 aromatic rings. The number of ether oxygens (including phenoxy) is 4. The Labute approximate surface area is 377 Å². The van der Waals surface area contributed by atoms with Gasteiger partial charge in [-0.3, -0.25) is 9.59 Å². The summed E-state index contributed by atoms with van der Waals surface area (Å²) >= 11 is 0. The third kappa shape index (κ3) is 46.1. The summed E-state index contributed by atoms with van der Waals surface area (Å²) in [5.74, 6) is -1.99. The van der Waals surface area contributed by atoms with E-state index >= 15 is 0 Å². The van der Waals surface area contributed by atoms with Crippen LogP contribution >= 0.6 is 0 Å². The van der Waals surface area contributed by atoms with Crippen molar-refractivity contribution in [3.05, 3.63) is 0 Å². The molecule has 0 aromatic carbocycles. The van der Waals surface area contributed by atoms with Crippen molar-refractivity contribution >= 4 is 17.9 Å². The van der Waals surface area contributed by atoms with Gasteiger partial charge >= 0.3 is 17.9 Å². The van der Waals surface area contributed by atoms with Crippen molar-refractivity contribution in [2.45, 2.75) is 270 Å².